The Morgan fingerprint density at radius 1 is 0.403 bits per heavy atom. The summed E-state index contributed by atoms with van der Waals surface area (Å²) in [5.74, 6) is 18.6. The number of aldehydes is 2. The first-order chi connectivity index (χ1) is 37.6. The van der Waals surface area contributed by atoms with Crippen LogP contribution in [0.25, 0.3) is 21.8 Å². The van der Waals surface area contributed by atoms with E-state index < -0.39 is 0 Å². The number of fused-ring (bicyclic) bond motifs is 3. The summed E-state index contributed by atoms with van der Waals surface area (Å²) in [5.41, 5.74) is 6.51. The van der Waals surface area contributed by atoms with Gasteiger partial charge in [0.15, 0.2) is 12.6 Å². The van der Waals surface area contributed by atoms with Gasteiger partial charge in [0, 0.05) is 40.6 Å². The third kappa shape index (κ3) is 18.8. The second kappa shape index (κ2) is 34.3. The number of carbonyl (C=O) groups is 2. The largest absolute Gasteiger partial charge is 0.493 e. The molecular weight excluding hydrogens is 951 g/mol. The fourth-order valence-corrected chi connectivity index (χ4v) is 10.3. The summed E-state index contributed by atoms with van der Waals surface area (Å²) in [4.78, 5) is 25.2. The lowest BCUT2D eigenvalue weighted by atomic mass is 9.99. The van der Waals surface area contributed by atoms with Crippen LogP contribution >= 0.6 is 0 Å². The van der Waals surface area contributed by atoms with Crippen LogP contribution in [0.5, 0.6) is 23.0 Å². The van der Waals surface area contributed by atoms with Crippen LogP contribution in [0.4, 0.5) is 0 Å². The number of hydrogen-bond donors (Lipinski definition) is 0. The summed E-state index contributed by atoms with van der Waals surface area (Å²) in [5, 5.41) is 2.35. The highest BCUT2D eigenvalue weighted by Gasteiger charge is 2.20. The molecule has 7 heteroatoms. The van der Waals surface area contributed by atoms with Crippen LogP contribution in [0.2, 0.25) is 0 Å². The number of nitrogens with zero attached hydrogens (tertiary/aromatic N) is 1. The molecule has 1 heterocycles. The molecule has 0 saturated carbocycles. The maximum Gasteiger partial charge on any atom is 0.153 e. The van der Waals surface area contributed by atoms with Crippen LogP contribution in [-0.2, 0) is 6.54 Å². The van der Waals surface area contributed by atoms with E-state index in [9.17, 15) is 9.59 Å². The van der Waals surface area contributed by atoms with Crippen LogP contribution in [-0.4, -0.2) is 43.6 Å². The summed E-state index contributed by atoms with van der Waals surface area (Å²) in [6, 6.07) is 20.7. The minimum atomic E-state index is 0.416. The number of carbonyl (C=O) groups excluding carboxylic acids is 2. The van der Waals surface area contributed by atoms with E-state index >= 15 is 0 Å². The predicted molar refractivity (Wildman–Crippen MR) is 324 cm³/mol. The maximum absolute atomic E-state index is 12.6. The molecule has 4 aromatic carbocycles. The summed E-state index contributed by atoms with van der Waals surface area (Å²) < 4.78 is 28.6. The molecule has 0 fully saturated rings. The molecule has 418 valence electrons. The standard InChI is InChI=1S/C70H97NO6/c1-11-21-26-52(16-6)45-71-65-39-57(31-35-59-41-69(76-50-55(19-9)29-24-14-4)61(46-72)43-67(59)74-48-53(17-7)27-22-12-2)33-37-63(65)64-38-34-58(40-66(64)71)32-36-60-42-70(77-51-56(20-10)30-25-15-5)62(47-73)44-68(60)75-49-54(18-8)28-23-13-3/h33-34,37-44,46-47,52-56H,11-30,45,48-51H2,1-10H3. The number of unbranched alkanes of at least 4 members (excludes halogenated alkanes) is 5. The van der Waals surface area contributed by atoms with Gasteiger partial charge in [-0.05, 0) is 98.1 Å². The third-order valence-corrected chi connectivity index (χ3v) is 16.1. The molecule has 0 bridgehead atoms. The van der Waals surface area contributed by atoms with Crippen molar-refractivity contribution in [3.63, 3.8) is 0 Å². The van der Waals surface area contributed by atoms with Crippen molar-refractivity contribution in [3.8, 4) is 46.7 Å². The average Bonchev–Trinajstić information content (AvgIpc) is 3.76. The molecule has 77 heavy (non-hydrogen) atoms. The Balaban J connectivity index is 1.62. The normalized spacial score (nSPS) is 13.2. The van der Waals surface area contributed by atoms with Crippen LogP contribution in [0, 0.1) is 53.3 Å². The van der Waals surface area contributed by atoms with Crippen molar-refractivity contribution in [2.45, 2.75) is 204 Å². The van der Waals surface area contributed by atoms with E-state index in [1.807, 2.05) is 24.3 Å². The summed E-state index contributed by atoms with van der Waals surface area (Å²) in [7, 11) is 0. The van der Waals surface area contributed by atoms with Crippen LogP contribution in [0.3, 0.4) is 0 Å². The SMILES string of the molecule is CCCCC(CC)COc1cc(C=O)c(OCC(CC)CCCC)cc1C#Cc1ccc2c3ccc(C#Cc4cc(OCC(CC)CCCC)c(C=O)cc4OCC(CC)CCCC)cc3n(CC(CC)CCCC)c2c1. The van der Waals surface area contributed by atoms with Crippen molar-refractivity contribution in [3.05, 3.63) is 94.0 Å². The predicted octanol–water partition coefficient (Wildman–Crippen LogP) is 18.8. The molecule has 7 nitrogen and oxygen atoms in total. The van der Waals surface area contributed by atoms with Gasteiger partial charge in [-0.1, -0.05) is 201 Å². The molecule has 1 aromatic heterocycles. The van der Waals surface area contributed by atoms with Crippen molar-refractivity contribution in [2.75, 3.05) is 26.4 Å². The molecule has 0 aliphatic carbocycles. The van der Waals surface area contributed by atoms with Crippen molar-refractivity contribution >= 4 is 34.4 Å². The number of hydrogen-bond acceptors (Lipinski definition) is 6. The lowest BCUT2D eigenvalue weighted by Crippen LogP contribution is -2.14. The molecular formula is C70H97NO6. The Morgan fingerprint density at radius 2 is 0.727 bits per heavy atom. The van der Waals surface area contributed by atoms with Gasteiger partial charge in [-0.2, -0.15) is 0 Å². The number of benzene rings is 4. The first-order valence-electron chi connectivity index (χ1n) is 30.5. The molecule has 0 aliphatic heterocycles. The van der Waals surface area contributed by atoms with Gasteiger partial charge in [-0.15, -0.1) is 0 Å². The zero-order chi connectivity index (χ0) is 55.4. The Hall–Kier alpha value is -5.66. The van der Waals surface area contributed by atoms with Crippen LogP contribution in [0.1, 0.15) is 241 Å². The summed E-state index contributed by atoms with van der Waals surface area (Å²) in [6.45, 7) is 25.5. The molecule has 5 atom stereocenters. The highest BCUT2D eigenvalue weighted by Crippen LogP contribution is 2.35. The lowest BCUT2D eigenvalue weighted by Gasteiger charge is -2.19. The fraction of sp³-hybridized carbons (Fsp3) is 0.571. The molecule has 5 rings (SSSR count). The molecule has 0 radical (unpaired) electrons. The van der Waals surface area contributed by atoms with E-state index in [1.54, 1.807) is 0 Å². The van der Waals surface area contributed by atoms with E-state index in [0.717, 1.165) is 174 Å². The van der Waals surface area contributed by atoms with Gasteiger partial charge >= 0.3 is 0 Å². The van der Waals surface area contributed by atoms with Crippen molar-refractivity contribution < 1.29 is 28.5 Å². The van der Waals surface area contributed by atoms with Gasteiger partial charge in [0.05, 0.1) is 59.7 Å². The zero-order valence-electron chi connectivity index (χ0n) is 49.4. The fourth-order valence-electron chi connectivity index (χ4n) is 10.3. The topological polar surface area (TPSA) is 76.0 Å². The molecule has 5 unspecified atom stereocenters. The van der Waals surface area contributed by atoms with Gasteiger partial charge in [-0.25, -0.2) is 0 Å². The van der Waals surface area contributed by atoms with Crippen molar-refractivity contribution in [1.82, 2.24) is 4.57 Å². The van der Waals surface area contributed by atoms with E-state index in [0.29, 0.717) is 90.1 Å². The van der Waals surface area contributed by atoms with Crippen molar-refractivity contribution in [2.24, 2.45) is 29.6 Å². The Morgan fingerprint density at radius 3 is 1.04 bits per heavy atom. The van der Waals surface area contributed by atoms with E-state index in [-0.39, 0.29) is 0 Å². The summed E-state index contributed by atoms with van der Waals surface area (Å²) >= 11 is 0. The van der Waals surface area contributed by atoms with Crippen LogP contribution < -0.4 is 18.9 Å². The highest BCUT2D eigenvalue weighted by molar-refractivity contribution is 6.08. The minimum Gasteiger partial charge on any atom is -0.493 e. The van der Waals surface area contributed by atoms with Crippen LogP contribution in [0.15, 0.2) is 60.7 Å². The first kappa shape index (κ1) is 62.2. The van der Waals surface area contributed by atoms with E-state index in [1.165, 1.54) is 17.2 Å². The highest BCUT2D eigenvalue weighted by atomic mass is 16.5. The monoisotopic (exact) mass is 1050 g/mol. The molecule has 5 aromatic rings. The molecule has 0 saturated heterocycles. The lowest BCUT2D eigenvalue weighted by molar-refractivity contribution is 0.111. The smallest absolute Gasteiger partial charge is 0.153 e. The molecule has 0 amide bonds. The number of ether oxygens (including phenoxy) is 4. The van der Waals surface area contributed by atoms with Gasteiger partial charge in [0.2, 0.25) is 0 Å². The second-order valence-corrected chi connectivity index (χ2v) is 21.9. The maximum atomic E-state index is 12.6. The van der Waals surface area contributed by atoms with E-state index in [4.69, 9.17) is 18.9 Å². The second-order valence-electron chi connectivity index (χ2n) is 21.9. The van der Waals surface area contributed by atoms with Gasteiger partial charge in [-0.3, -0.25) is 9.59 Å². The Labute approximate surface area is 466 Å². The van der Waals surface area contributed by atoms with Crippen molar-refractivity contribution in [1.29, 1.82) is 0 Å². The van der Waals surface area contributed by atoms with Gasteiger partial charge in [0.25, 0.3) is 0 Å². The Kier molecular flexibility index (Phi) is 27.7. The third-order valence-electron chi connectivity index (χ3n) is 16.1. The molecule has 0 N–H and O–H groups in total. The number of rotatable bonds is 36. The van der Waals surface area contributed by atoms with Gasteiger partial charge < -0.3 is 23.5 Å². The van der Waals surface area contributed by atoms with Gasteiger partial charge in [0.1, 0.15) is 23.0 Å². The molecule has 0 aliphatic rings. The minimum absolute atomic E-state index is 0.416. The Bertz CT molecular complexity index is 2530. The average molecular weight is 1050 g/mol. The zero-order valence-corrected chi connectivity index (χ0v) is 49.4. The quantitative estimate of drug-likeness (QED) is 0.0294. The molecule has 0 spiro atoms. The number of aromatic nitrogens is 1. The first-order valence-corrected chi connectivity index (χ1v) is 30.5. The van der Waals surface area contributed by atoms with E-state index in [2.05, 4.69) is 134 Å². The summed E-state index contributed by atoms with van der Waals surface area (Å²) in [6.07, 6.45) is 24.1.